The number of hydrogen-bond donors (Lipinski definition) is 1. The summed E-state index contributed by atoms with van der Waals surface area (Å²) < 4.78 is 14.1. The maximum Gasteiger partial charge on any atom is 0.255 e. The average molecular weight is 349 g/mol. The molecule has 0 heterocycles. The summed E-state index contributed by atoms with van der Waals surface area (Å²) in [6, 6.07) is 4.52. The standard InChI is InChI=1S/C14H16BrClFNO/c15-11-2-1-3-12(17)13(11)14(19)18-8-9-4-6-10(16)7-5-9/h1-3,9-10H,4-8H2,(H,18,19). The quantitative estimate of drug-likeness (QED) is 0.818. The van der Waals surface area contributed by atoms with Crippen LogP contribution >= 0.6 is 27.5 Å². The normalized spacial score (nSPS) is 23.1. The van der Waals surface area contributed by atoms with Crippen molar-refractivity contribution in [1.29, 1.82) is 0 Å². The summed E-state index contributed by atoms with van der Waals surface area (Å²) >= 11 is 9.24. The zero-order valence-electron chi connectivity index (χ0n) is 10.5. The number of halogens is 3. The molecular weight excluding hydrogens is 333 g/mol. The molecule has 1 aliphatic rings. The van der Waals surface area contributed by atoms with Crippen molar-refractivity contribution in [3.05, 3.63) is 34.1 Å². The van der Waals surface area contributed by atoms with Crippen molar-refractivity contribution in [2.45, 2.75) is 31.1 Å². The molecule has 1 aliphatic carbocycles. The van der Waals surface area contributed by atoms with Crippen LogP contribution in [0, 0.1) is 11.7 Å². The Morgan fingerprint density at radius 2 is 2.05 bits per heavy atom. The van der Waals surface area contributed by atoms with Gasteiger partial charge in [0.1, 0.15) is 5.82 Å². The summed E-state index contributed by atoms with van der Waals surface area (Å²) in [6.45, 7) is 0.587. The van der Waals surface area contributed by atoms with Crippen LogP contribution < -0.4 is 5.32 Å². The molecule has 1 aromatic carbocycles. The Kier molecular flexibility index (Phi) is 5.22. The van der Waals surface area contributed by atoms with E-state index in [2.05, 4.69) is 21.2 Å². The van der Waals surface area contributed by atoms with Crippen LogP contribution in [-0.4, -0.2) is 17.8 Å². The molecule has 0 bridgehead atoms. The van der Waals surface area contributed by atoms with Crippen molar-refractivity contribution in [1.82, 2.24) is 5.32 Å². The van der Waals surface area contributed by atoms with Gasteiger partial charge in [0.2, 0.25) is 0 Å². The van der Waals surface area contributed by atoms with Crippen molar-refractivity contribution in [3.63, 3.8) is 0 Å². The third kappa shape index (κ3) is 3.93. The van der Waals surface area contributed by atoms with E-state index < -0.39 is 5.82 Å². The first-order chi connectivity index (χ1) is 9.08. The lowest BCUT2D eigenvalue weighted by Crippen LogP contribution is -2.32. The van der Waals surface area contributed by atoms with E-state index in [4.69, 9.17) is 11.6 Å². The minimum Gasteiger partial charge on any atom is -0.352 e. The lowest BCUT2D eigenvalue weighted by molar-refractivity contribution is 0.0939. The highest BCUT2D eigenvalue weighted by atomic mass is 79.9. The Hall–Kier alpha value is -0.610. The van der Waals surface area contributed by atoms with Crippen molar-refractivity contribution in [2.24, 2.45) is 5.92 Å². The molecule has 0 atom stereocenters. The molecule has 0 saturated heterocycles. The zero-order chi connectivity index (χ0) is 13.8. The summed E-state index contributed by atoms with van der Waals surface area (Å²) in [4.78, 5) is 12.0. The topological polar surface area (TPSA) is 29.1 Å². The maximum atomic E-state index is 13.6. The number of nitrogens with one attached hydrogen (secondary N) is 1. The third-order valence-electron chi connectivity index (χ3n) is 3.52. The minimum atomic E-state index is -0.503. The number of rotatable bonds is 3. The van der Waals surface area contributed by atoms with Crippen LogP contribution in [0.1, 0.15) is 36.0 Å². The van der Waals surface area contributed by atoms with Gasteiger partial charge in [-0.15, -0.1) is 11.6 Å². The Balaban J connectivity index is 1.91. The molecule has 0 radical (unpaired) electrons. The molecule has 104 valence electrons. The molecule has 0 aromatic heterocycles. The molecule has 1 N–H and O–H groups in total. The Bertz CT molecular complexity index is 441. The zero-order valence-corrected chi connectivity index (χ0v) is 12.8. The van der Waals surface area contributed by atoms with Gasteiger partial charge in [0.25, 0.3) is 5.91 Å². The third-order valence-corrected chi connectivity index (χ3v) is 4.61. The monoisotopic (exact) mass is 347 g/mol. The molecule has 1 amide bonds. The first kappa shape index (κ1) is 14.8. The second-order valence-electron chi connectivity index (χ2n) is 4.92. The largest absolute Gasteiger partial charge is 0.352 e. The van der Waals surface area contributed by atoms with Gasteiger partial charge in [-0.05, 0) is 59.7 Å². The van der Waals surface area contributed by atoms with Crippen LogP contribution in [-0.2, 0) is 0 Å². The van der Waals surface area contributed by atoms with E-state index in [1.807, 2.05) is 0 Å². The maximum absolute atomic E-state index is 13.6. The lowest BCUT2D eigenvalue weighted by Gasteiger charge is -2.25. The number of carbonyl (C=O) groups excluding carboxylic acids is 1. The van der Waals surface area contributed by atoms with Crippen LogP contribution in [0.25, 0.3) is 0 Å². The number of alkyl halides is 1. The van der Waals surface area contributed by atoms with Gasteiger partial charge in [-0.2, -0.15) is 0 Å². The van der Waals surface area contributed by atoms with Crippen LogP contribution in [0.15, 0.2) is 22.7 Å². The summed E-state index contributed by atoms with van der Waals surface area (Å²) in [5.41, 5.74) is 0.0773. The smallest absolute Gasteiger partial charge is 0.255 e. The van der Waals surface area contributed by atoms with Crippen molar-refractivity contribution in [3.8, 4) is 0 Å². The van der Waals surface area contributed by atoms with Gasteiger partial charge in [0, 0.05) is 16.4 Å². The van der Waals surface area contributed by atoms with E-state index in [0.717, 1.165) is 25.7 Å². The molecule has 0 unspecified atom stereocenters. The summed E-state index contributed by atoms with van der Waals surface area (Å²) in [5.74, 6) is -0.418. The molecular formula is C14H16BrClFNO. The molecule has 5 heteroatoms. The number of amides is 1. The first-order valence-electron chi connectivity index (χ1n) is 6.44. The summed E-state index contributed by atoms with van der Waals surface area (Å²) in [6.07, 6.45) is 4.02. The number of hydrogen-bond acceptors (Lipinski definition) is 1. The molecule has 0 aliphatic heterocycles. The fraction of sp³-hybridized carbons (Fsp3) is 0.500. The van der Waals surface area contributed by atoms with E-state index in [9.17, 15) is 9.18 Å². The van der Waals surface area contributed by atoms with E-state index in [1.54, 1.807) is 12.1 Å². The van der Waals surface area contributed by atoms with Crippen LogP contribution in [0.4, 0.5) is 4.39 Å². The molecule has 1 fully saturated rings. The Labute approximate surface area is 125 Å². The predicted molar refractivity (Wildman–Crippen MR) is 78.0 cm³/mol. The van der Waals surface area contributed by atoms with Gasteiger partial charge in [-0.3, -0.25) is 4.79 Å². The van der Waals surface area contributed by atoms with Gasteiger partial charge in [0.05, 0.1) is 5.56 Å². The van der Waals surface area contributed by atoms with Gasteiger partial charge < -0.3 is 5.32 Å². The lowest BCUT2D eigenvalue weighted by atomic mass is 9.89. The molecule has 0 spiro atoms. The highest BCUT2D eigenvalue weighted by molar-refractivity contribution is 9.10. The second-order valence-corrected chi connectivity index (χ2v) is 6.40. The highest BCUT2D eigenvalue weighted by Gasteiger charge is 2.21. The van der Waals surface area contributed by atoms with Crippen LogP contribution in [0.2, 0.25) is 0 Å². The van der Waals surface area contributed by atoms with Crippen molar-refractivity contribution in [2.75, 3.05) is 6.54 Å². The Morgan fingerprint density at radius 1 is 1.37 bits per heavy atom. The highest BCUT2D eigenvalue weighted by Crippen LogP contribution is 2.27. The molecule has 2 nitrogen and oxygen atoms in total. The van der Waals surface area contributed by atoms with Gasteiger partial charge in [-0.25, -0.2) is 4.39 Å². The van der Waals surface area contributed by atoms with Crippen LogP contribution in [0.3, 0.4) is 0 Å². The van der Waals surface area contributed by atoms with E-state index >= 15 is 0 Å². The number of benzene rings is 1. The molecule has 1 saturated carbocycles. The van der Waals surface area contributed by atoms with Crippen molar-refractivity contribution < 1.29 is 9.18 Å². The average Bonchev–Trinajstić information content (AvgIpc) is 2.38. The molecule has 19 heavy (non-hydrogen) atoms. The van der Waals surface area contributed by atoms with Crippen molar-refractivity contribution >= 4 is 33.4 Å². The van der Waals surface area contributed by atoms with Gasteiger partial charge in [-0.1, -0.05) is 6.07 Å². The fourth-order valence-corrected chi connectivity index (χ4v) is 3.14. The minimum absolute atomic E-state index is 0.0773. The van der Waals surface area contributed by atoms with Gasteiger partial charge in [0.15, 0.2) is 0 Å². The van der Waals surface area contributed by atoms with E-state index in [-0.39, 0.29) is 16.8 Å². The van der Waals surface area contributed by atoms with Crippen LogP contribution in [0.5, 0.6) is 0 Å². The summed E-state index contributed by atoms with van der Waals surface area (Å²) in [5, 5.41) is 3.08. The van der Waals surface area contributed by atoms with E-state index in [0.29, 0.717) is 16.9 Å². The molecule has 2 rings (SSSR count). The SMILES string of the molecule is O=C(NCC1CCC(Cl)CC1)c1c(F)cccc1Br. The predicted octanol–water partition coefficient (Wildman–Crippen LogP) is 4.12. The second kappa shape index (κ2) is 6.71. The molecule has 1 aromatic rings. The first-order valence-corrected chi connectivity index (χ1v) is 7.67. The summed E-state index contributed by atoms with van der Waals surface area (Å²) in [7, 11) is 0. The fourth-order valence-electron chi connectivity index (χ4n) is 2.37. The number of carbonyl (C=O) groups is 1. The Morgan fingerprint density at radius 3 is 2.68 bits per heavy atom. The van der Waals surface area contributed by atoms with Gasteiger partial charge >= 0.3 is 0 Å². The van der Waals surface area contributed by atoms with E-state index in [1.165, 1.54) is 6.07 Å².